The van der Waals surface area contributed by atoms with Gasteiger partial charge in [0.2, 0.25) is 0 Å². The number of benzene rings is 3. The fourth-order valence-electron chi connectivity index (χ4n) is 4.40. The summed E-state index contributed by atoms with van der Waals surface area (Å²) in [5.41, 5.74) is 3.25. The SMILES string of the molecule is Cc1ccc(CN2C(=O)[C@]3(SCCN3C(=O)c3cccc(F)c3)c3cc(F)ccc32)cc1. The minimum absolute atomic E-state index is 0.162. The molecule has 1 spiro atoms. The Morgan fingerprint density at radius 3 is 2.53 bits per heavy atom. The van der Waals surface area contributed by atoms with Gasteiger partial charge in [-0.05, 0) is 48.9 Å². The van der Waals surface area contributed by atoms with Crippen LogP contribution in [0.4, 0.5) is 14.5 Å². The summed E-state index contributed by atoms with van der Waals surface area (Å²) in [5, 5.41) is 0. The number of nitrogens with zero attached hydrogens (tertiary/aromatic N) is 2. The van der Waals surface area contributed by atoms with E-state index in [9.17, 15) is 18.4 Å². The predicted octanol–water partition coefficient (Wildman–Crippen LogP) is 4.86. The first-order valence-corrected chi connectivity index (χ1v) is 11.3. The maximum absolute atomic E-state index is 14.3. The molecule has 3 aromatic rings. The lowest BCUT2D eigenvalue weighted by atomic mass is 10.0. The number of hydrogen-bond acceptors (Lipinski definition) is 3. The lowest BCUT2D eigenvalue weighted by Crippen LogP contribution is -2.50. The average molecular weight is 451 g/mol. The van der Waals surface area contributed by atoms with Crippen molar-refractivity contribution < 1.29 is 18.4 Å². The fourth-order valence-corrected chi connectivity index (χ4v) is 5.85. The van der Waals surface area contributed by atoms with E-state index < -0.39 is 22.4 Å². The maximum Gasteiger partial charge on any atom is 0.268 e. The number of fused-ring (bicyclic) bond motifs is 2. The Kier molecular flexibility index (Phi) is 5.01. The zero-order chi connectivity index (χ0) is 22.5. The number of anilines is 1. The number of amides is 2. The van der Waals surface area contributed by atoms with Crippen molar-refractivity contribution in [1.82, 2.24) is 4.90 Å². The first-order chi connectivity index (χ1) is 15.4. The summed E-state index contributed by atoms with van der Waals surface area (Å²) in [7, 11) is 0. The molecule has 0 aromatic heterocycles. The van der Waals surface area contributed by atoms with Crippen molar-refractivity contribution in [3.05, 3.63) is 101 Å². The molecule has 0 N–H and O–H groups in total. The van der Waals surface area contributed by atoms with Crippen LogP contribution in [-0.2, 0) is 16.2 Å². The molecule has 2 aliphatic rings. The minimum Gasteiger partial charge on any atom is -0.311 e. The molecule has 7 heteroatoms. The van der Waals surface area contributed by atoms with Crippen molar-refractivity contribution in [2.45, 2.75) is 18.3 Å². The molecule has 0 bridgehead atoms. The molecule has 4 nitrogen and oxygen atoms in total. The smallest absolute Gasteiger partial charge is 0.268 e. The molecular weight excluding hydrogens is 430 g/mol. The van der Waals surface area contributed by atoms with Crippen LogP contribution >= 0.6 is 11.8 Å². The Labute approximate surface area is 188 Å². The summed E-state index contributed by atoms with van der Waals surface area (Å²) >= 11 is 1.32. The fraction of sp³-hybridized carbons (Fsp3) is 0.200. The second-order valence-electron chi connectivity index (χ2n) is 8.00. The van der Waals surface area contributed by atoms with Crippen LogP contribution in [-0.4, -0.2) is 29.0 Å². The number of rotatable bonds is 3. The summed E-state index contributed by atoms with van der Waals surface area (Å²) < 4.78 is 28.1. The number of thioether (sulfide) groups is 1. The zero-order valence-electron chi connectivity index (χ0n) is 17.3. The monoisotopic (exact) mass is 450 g/mol. The zero-order valence-corrected chi connectivity index (χ0v) is 18.2. The summed E-state index contributed by atoms with van der Waals surface area (Å²) in [6.07, 6.45) is 0. The molecule has 1 atom stereocenters. The first-order valence-electron chi connectivity index (χ1n) is 10.3. The van der Waals surface area contributed by atoms with E-state index >= 15 is 0 Å². The highest BCUT2D eigenvalue weighted by molar-refractivity contribution is 8.01. The highest BCUT2D eigenvalue weighted by Crippen LogP contribution is 2.54. The minimum atomic E-state index is -1.37. The number of halogens is 2. The highest BCUT2D eigenvalue weighted by Gasteiger charge is 2.59. The van der Waals surface area contributed by atoms with Crippen LogP contribution in [0.3, 0.4) is 0 Å². The van der Waals surface area contributed by atoms with Crippen molar-refractivity contribution >= 4 is 29.3 Å². The van der Waals surface area contributed by atoms with Crippen molar-refractivity contribution in [3.63, 3.8) is 0 Å². The van der Waals surface area contributed by atoms with Gasteiger partial charge in [-0.3, -0.25) is 9.59 Å². The van der Waals surface area contributed by atoms with Crippen molar-refractivity contribution in [1.29, 1.82) is 0 Å². The molecule has 32 heavy (non-hydrogen) atoms. The largest absolute Gasteiger partial charge is 0.311 e. The van der Waals surface area contributed by atoms with Gasteiger partial charge in [0.25, 0.3) is 11.8 Å². The number of carbonyl (C=O) groups excluding carboxylic acids is 2. The van der Waals surface area contributed by atoms with Crippen LogP contribution in [0, 0.1) is 18.6 Å². The van der Waals surface area contributed by atoms with E-state index in [4.69, 9.17) is 0 Å². The Morgan fingerprint density at radius 2 is 1.78 bits per heavy atom. The molecule has 0 saturated carbocycles. The molecule has 0 radical (unpaired) electrons. The molecule has 0 unspecified atom stereocenters. The van der Waals surface area contributed by atoms with Gasteiger partial charge in [-0.15, -0.1) is 11.8 Å². The quantitative estimate of drug-likeness (QED) is 0.572. The maximum atomic E-state index is 14.3. The summed E-state index contributed by atoms with van der Waals surface area (Å²) in [6.45, 7) is 2.60. The standard InChI is InChI=1S/C25H20F2N2O2S/c1-16-5-7-17(8-6-16)15-28-22-10-9-20(27)14-21(22)25(24(28)31)29(11-12-32-25)23(30)18-3-2-4-19(26)13-18/h2-10,13-14H,11-12,15H2,1H3/t25-/m1/s1. The van der Waals surface area contributed by atoms with Crippen LogP contribution in [0.15, 0.2) is 66.7 Å². The molecule has 162 valence electrons. The summed E-state index contributed by atoms with van der Waals surface area (Å²) in [4.78, 5) is 29.0. The van der Waals surface area contributed by atoms with Gasteiger partial charge in [0.05, 0.1) is 12.2 Å². The van der Waals surface area contributed by atoms with Crippen molar-refractivity contribution in [2.24, 2.45) is 0 Å². The average Bonchev–Trinajstić information content (AvgIpc) is 3.32. The topological polar surface area (TPSA) is 40.6 Å². The van der Waals surface area contributed by atoms with E-state index in [1.54, 1.807) is 11.0 Å². The summed E-state index contributed by atoms with van der Waals surface area (Å²) in [5.74, 6) is -1.22. The van der Waals surface area contributed by atoms with Crippen LogP contribution in [0.1, 0.15) is 27.0 Å². The molecule has 2 heterocycles. The van der Waals surface area contributed by atoms with Gasteiger partial charge >= 0.3 is 0 Å². The molecule has 5 rings (SSSR count). The number of carbonyl (C=O) groups is 2. The summed E-state index contributed by atoms with van der Waals surface area (Å²) in [6, 6.07) is 17.5. The van der Waals surface area contributed by atoms with Crippen molar-refractivity contribution in [3.8, 4) is 0 Å². The predicted molar refractivity (Wildman–Crippen MR) is 120 cm³/mol. The van der Waals surface area contributed by atoms with Gasteiger partial charge in [-0.1, -0.05) is 35.9 Å². The van der Waals surface area contributed by atoms with E-state index in [0.717, 1.165) is 17.2 Å². The van der Waals surface area contributed by atoms with Gasteiger partial charge in [0.1, 0.15) is 11.6 Å². The Bertz CT molecular complexity index is 1230. The number of aryl methyl sites for hydroxylation is 1. The van der Waals surface area contributed by atoms with Crippen molar-refractivity contribution in [2.75, 3.05) is 17.2 Å². The third-order valence-electron chi connectivity index (χ3n) is 5.93. The van der Waals surface area contributed by atoms with Gasteiger partial charge in [-0.2, -0.15) is 0 Å². The molecule has 2 aliphatic heterocycles. The number of hydrogen-bond donors (Lipinski definition) is 0. The van der Waals surface area contributed by atoms with Crippen LogP contribution in [0.5, 0.6) is 0 Å². The molecule has 1 saturated heterocycles. The Morgan fingerprint density at radius 1 is 1.03 bits per heavy atom. The van der Waals surface area contributed by atoms with Gasteiger partial charge in [0, 0.05) is 23.4 Å². The van der Waals surface area contributed by atoms with Crippen LogP contribution in [0.2, 0.25) is 0 Å². The second kappa shape index (κ2) is 7.74. The molecule has 2 amide bonds. The van der Waals surface area contributed by atoms with Gasteiger partial charge in [-0.25, -0.2) is 8.78 Å². The van der Waals surface area contributed by atoms with Gasteiger partial charge < -0.3 is 9.80 Å². The lowest BCUT2D eigenvalue weighted by Gasteiger charge is -2.33. The Balaban J connectivity index is 1.59. The van der Waals surface area contributed by atoms with Crippen LogP contribution < -0.4 is 4.90 Å². The van der Waals surface area contributed by atoms with Crippen LogP contribution in [0.25, 0.3) is 0 Å². The first kappa shape index (κ1) is 20.7. The van der Waals surface area contributed by atoms with Gasteiger partial charge in [0.15, 0.2) is 4.87 Å². The lowest BCUT2D eigenvalue weighted by molar-refractivity contribution is -0.123. The third kappa shape index (κ3) is 3.19. The third-order valence-corrected chi connectivity index (χ3v) is 7.35. The van der Waals surface area contributed by atoms with E-state index in [1.807, 2.05) is 31.2 Å². The van der Waals surface area contributed by atoms with E-state index in [0.29, 0.717) is 30.1 Å². The molecule has 0 aliphatic carbocycles. The van der Waals surface area contributed by atoms with E-state index in [1.165, 1.54) is 47.0 Å². The second-order valence-corrected chi connectivity index (χ2v) is 9.29. The molecular formula is C25H20F2N2O2S. The van der Waals surface area contributed by atoms with E-state index in [-0.39, 0.29) is 11.5 Å². The molecule has 3 aromatic carbocycles. The normalized spacial score (nSPS) is 19.7. The van der Waals surface area contributed by atoms with E-state index in [2.05, 4.69) is 0 Å². The molecule has 1 fully saturated rings. The Hall–Kier alpha value is -3.19. The highest BCUT2D eigenvalue weighted by atomic mass is 32.2.